The molecule has 3 heterocycles. The van der Waals surface area contributed by atoms with Crippen molar-refractivity contribution in [2.45, 2.75) is 23.9 Å². The Labute approximate surface area is 169 Å². The van der Waals surface area contributed by atoms with Crippen molar-refractivity contribution >= 4 is 50.6 Å². The van der Waals surface area contributed by atoms with Gasteiger partial charge in [0, 0.05) is 28.9 Å². The summed E-state index contributed by atoms with van der Waals surface area (Å²) in [6, 6.07) is 3.96. The van der Waals surface area contributed by atoms with Crippen molar-refractivity contribution in [3.05, 3.63) is 58.6 Å². The summed E-state index contributed by atoms with van der Waals surface area (Å²) in [4.78, 5) is 31.8. The summed E-state index contributed by atoms with van der Waals surface area (Å²) < 4.78 is 1.58. The average Bonchev–Trinajstić information content (AvgIpc) is 3.32. The molecule has 0 fully saturated rings. The third kappa shape index (κ3) is 4.07. The van der Waals surface area contributed by atoms with Gasteiger partial charge in [-0.3, -0.25) is 14.2 Å². The lowest BCUT2D eigenvalue weighted by Gasteiger charge is -2.14. The molecule has 0 saturated heterocycles. The van der Waals surface area contributed by atoms with Crippen LogP contribution in [0.15, 0.2) is 58.2 Å². The fourth-order valence-electron chi connectivity index (χ4n) is 2.53. The van der Waals surface area contributed by atoms with Gasteiger partial charge in [-0.15, -0.1) is 35.8 Å². The van der Waals surface area contributed by atoms with Crippen molar-refractivity contribution < 1.29 is 4.79 Å². The topological polar surface area (TPSA) is 64.0 Å². The molecule has 1 atom stereocenters. The van der Waals surface area contributed by atoms with Crippen LogP contribution in [-0.4, -0.2) is 27.3 Å². The lowest BCUT2D eigenvalue weighted by molar-refractivity contribution is -0.120. The van der Waals surface area contributed by atoms with E-state index in [0.29, 0.717) is 28.5 Å². The molecule has 3 aromatic heterocycles. The second-order valence-corrected chi connectivity index (χ2v) is 8.81. The largest absolute Gasteiger partial charge is 0.352 e. The van der Waals surface area contributed by atoms with Crippen LogP contribution in [0.25, 0.3) is 20.7 Å². The lowest BCUT2D eigenvalue weighted by atomic mass is 10.2. The van der Waals surface area contributed by atoms with E-state index in [-0.39, 0.29) is 16.7 Å². The van der Waals surface area contributed by atoms with Crippen LogP contribution in [0.5, 0.6) is 0 Å². The van der Waals surface area contributed by atoms with Crippen molar-refractivity contribution in [3.8, 4) is 10.4 Å². The molecular weight excluding hydrogens is 398 g/mol. The van der Waals surface area contributed by atoms with Crippen LogP contribution in [0.3, 0.4) is 0 Å². The Hall–Kier alpha value is -2.16. The van der Waals surface area contributed by atoms with E-state index < -0.39 is 0 Å². The molecule has 5 nitrogen and oxygen atoms in total. The zero-order chi connectivity index (χ0) is 19.4. The van der Waals surface area contributed by atoms with E-state index in [9.17, 15) is 9.59 Å². The number of thioether (sulfide) groups is 1. The van der Waals surface area contributed by atoms with Gasteiger partial charge in [0.1, 0.15) is 4.83 Å². The first-order valence-corrected chi connectivity index (χ1v) is 10.9. The number of nitrogens with one attached hydrogen (secondary N) is 1. The van der Waals surface area contributed by atoms with Crippen molar-refractivity contribution in [1.29, 1.82) is 0 Å². The molecule has 3 aromatic rings. The number of amides is 1. The van der Waals surface area contributed by atoms with Crippen LogP contribution in [0, 0.1) is 0 Å². The van der Waals surface area contributed by atoms with Crippen LogP contribution in [-0.2, 0) is 11.3 Å². The van der Waals surface area contributed by atoms with Crippen LogP contribution >= 0.6 is 34.4 Å². The molecule has 0 saturated carbocycles. The van der Waals surface area contributed by atoms with E-state index in [4.69, 9.17) is 0 Å². The first-order valence-electron chi connectivity index (χ1n) is 8.28. The Morgan fingerprint density at radius 2 is 2.22 bits per heavy atom. The summed E-state index contributed by atoms with van der Waals surface area (Å²) in [6.45, 7) is 9.89. The predicted molar refractivity (Wildman–Crippen MR) is 116 cm³/mol. The zero-order valence-electron chi connectivity index (χ0n) is 14.8. The van der Waals surface area contributed by atoms with Gasteiger partial charge >= 0.3 is 0 Å². The molecule has 1 N–H and O–H groups in total. The highest BCUT2D eigenvalue weighted by atomic mass is 32.2. The highest BCUT2D eigenvalue weighted by molar-refractivity contribution is 8.00. The molecule has 3 rings (SSSR count). The van der Waals surface area contributed by atoms with E-state index >= 15 is 0 Å². The van der Waals surface area contributed by atoms with Gasteiger partial charge in [-0.1, -0.05) is 30.0 Å². The molecule has 0 spiro atoms. The van der Waals surface area contributed by atoms with Gasteiger partial charge in [0.2, 0.25) is 5.91 Å². The summed E-state index contributed by atoms with van der Waals surface area (Å²) >= 11 is 4.31. The standard InChI is InChI=1S/C19H19N3O2S3/c1-4-8-20-16(23)12(3)27-19-21-17-15(18(24)22(19)9-5-2)13(11-26-17)14-7-6-10-25-14/h4-7,10-12H,1-2,8-9H2,3H3,(H,20,23)/t12-/m0/s1. The van der Waals surface area contributed by atoms with Gasteiger partial charge in [0.05, 0.1) is 10.6 Å². The number of hydrogen-bond donors (Lipinski definition) is 1. The highest BCUT2D eigenvalue weighted by Gasteiger charge is 2.21. The quantitative estimate of drug-likeness (QED) is 0.340. The van der Waals surface area contributed by atoms with Gasteiger partial charge in [0.15, 0.2) is 5.16 Å². The maximum atomic E-state index is 13.2. The van der Waals surface area contributed by atoms with Gasteiger partial charge in [-0.05, 0) is 18.4 Å². The van der Waals surface area contributed by atoms with Crippen LogP contribution in [0.2, 0.25) is 0 Å². The second-order valence-electron chi connectivity index (χ2n) is 5.70. The number of nitrogens with zero attached hydrogens (tertiary/aromatic N) is 2. The van der Waals surface area contributed by atoms with Crippen LogP contribution < -0.4 is 10.9 Å². The summed E-state index contributed by atoms with van der Waals surface area (Å²) in [6.07, 6.45) is 3.30. The Morgan fingerprint density at radius 1 is 1.41 bits per heavy atom. The van der Waals surface area contributed by atoms with Crippen molar-refractivity contribution in [2.24, 2.45) is 0 Å². The Kier molecular flexibility index (Phi) is 6.30. The first-order chi connectivity index (χ1) is 13.1. The molecule has 140 valence electrons. The predicted octanol–water partition coefficient (Wildman–Crippen LogP) is 4.16. The number of thiophene rings is 2. The summed E-state index contributed by atoms with van der Waals surface area (Å²) in [5.41, 5.74) is 0.805. The first kappa shape index (κ1) is 19.6. The monoisotopic (exact) mass is 417 g/mol. The average molecular weight is 418 g/mol. The molecule has 0 aliphatic heterocycles. The number of fused-ring (bicyclic) bond motifs is 1. The molecule has 0 bridgehead atoms. The maximum Gasteiger partial charge on any atom is 0.263 e. The SMILES string of the molecule is C=CCNC(=O)[C@H](C)Sc1nc2scc(-c3cccs3)c2c(=O)n1CC=C. The molecule has 0 aromatic carbocycles. The van der Waals surface area contributed by atoms with Crippen LogP contribution in [0.1, 0.15) is 6.92 Å². The Morgan fingerprint density at radius 3 is 2.89 bits per heavy atom. The number of carbonyl (C=O) groups is 1. The number of hydrogen-bond acceptors (Lipinski definition) is 6. The highest BCUT2D eigenvalue weighted by Crippen LogP contribution is 2.35. The molecule has 0 aliphatic rings. The van der Waals surface area contributed by atoms with E-state index in [1.165, 1.54) is 23.1 Å². The third-order valence-corrected chi connectivity index (χ3v) is 6.69. The number of aromatic nitrogens is 2. The Bertz CT molecular complexity index is 1030. The minimum Gasteiger partial charge on any atom is -0.352 e. The zero-order valence-corrected chi connectivity index (χ0v) is 17.3. The smallest absolute Gasteiger partial charge is 0.263 e. The van der Waals surface area contributed by atoms with Gasteiger partial charge < -0.3 is 5.32 Å². The van der Waals surface area contributed by atoms with E-state index in [1.54, 1.807) is 35.0 Å². The maximum absolute atomic E-state index is 13.2. The lowest BCUT2D eigenvalue weighted by Crippen LogP contribution is -2.32. The molecule has 0 unspecified atom stereocenters. The fraction of sp³-hybridized carbons (Fsp3) is 0.211. The molecule has 1 amide bonds. The molecule has 0 aliphatic carbocycles. The summed E-state index contributed by atoms with van der Waals surface area (Å²) in [5.74, 6) is -0.121. The van der Waals surface area contributed by atoms with E-state index in [0.717, 1.165) is 10.4 Å². The fourth-order valence-corrected chi connectivity index (χ4v) is 5.27. The number of allylic oxidation sites excluding steroid dienone is 1. The minimum absolute atomic E-state index is 0.106. The summed E-state index contributed by atoms with van der Waals surface area (Å²) in [5, 5.41) is 7.48. The normalized spacial score (nSPS) is 12.0. The van der Waals surface area contributed by atoms with Gasteiger partial charge in [0.25, 0.3) is 5.56 Å². The minimum atomic E-state index is -0.387. The van der Waals surface area contributed by atoms with E-state index in [1.807, 2.05) is 22.9 Å². The van der Waals surface area contributed by atoms with Gasteiger partial charge in [-0.2, -0.15) is 0 Å². The van der Waals surface area contributed by atoms with Crippen LogP contribution in [0.4, 0.5) is 0 Å². The van der Waals surface area contributed by atoms with E-state index in [2.05, 4.69) is 23.5 Å². The molecular formula is C19H19N3O2S3. The molecule has 27 heavy (non-hydrogen) atoms. The molecule has 8 heteroatoms. The summed E-state index contributed by atoms with van der Waals surface area (Å²) in [7, 11) is 0. The van der Waals surface area contributed by atoms with Crippen molar-refractivity contribution in [1.82, 2.24) is 14.9 Å². The second kappa shape index (κ2) is 8.69. The number of rotatable bonds is 8. The third-order valence-electron chi connectivity index (χ3n) is 3.83. The van der Waals surface area contributed by atoms with Crippen molar-refractivity contribution in [2.75, 3.05) is 6.54 Å². The molecule has 0 radical (unpaired) electrons. The Balaban J connectivity index is 2.04. The van der Waals surface area contributed by atoms with Gasteiger partial charge in [-0.25, -0.2) is 4.98 Å². The van der Waals surface area contributed by atoms with Crippen molar-refractivity contribution in [3.63, 3.8) is 0 Å². The number of carbonyl (C=O) groups excluding carboxylic acids is 1.